The van der Waals surface area contributed by atoms with E-state index in [0.29, 0.717) is 0 Å². The molecule has 0 unspecified atom stereocenters. The van der Waals surface area contributed by atoms with Crippen LogP contribution in [0.1, 0.15) is 43.2 Å². The van der Waals surface area contributed by atoms with Crippen LogP contribution in [-0.4, -0.2) is 9.97 Å². The Labute approximate surface area is 325 Å². The Bertz CT molecular complexity index is 2880. The first-order valence-corrected chi connectivity index (χ1v) is 20.3. The molecule has 9 aromatic rings. The zero-order valence-electron chi connectivity index (χ0n) is 30.5. The highest BCUT2D eigenvalue weighted by molar-refractivity contribution is 7.26. The molecule has 0 amide bonds. The molecule has 0 bridgehead atoms. The Morgan fingerprint density at radius 3 is 1.71 bits per heavy atom. The number of rotatable bonds is 5. The van der Waals surface area contributed by atoms with Crippen LogP contribution in [0.4, 0.5) is 0 Å². The van der Waals surface area contributed by atoms with Gasteiger partial charge in [-0.25, -0.2) is 9.97 Å². The first kappa shape index (κ1) is 32.3. The van der Waals surface area contributed by atoms with Crippen molar-refractivity contribution in [2.24, 2.45) is 0 Å². The van der Waals surface area contributed by atoms with Gasteiger partial charge in [0.05, 0.1) is 11.4 Å². The Balaban J connectivity index is 1.05. The van der Waals surface area contributed by atoms with Gasteiger partial charge < -0.3 is 0 Å². The third-order valence-electron chi connectivity index (χ3n) is 12.1. The molecule has 7 aromatic carbocycles. The van der Waals surface area contributed by atoms with Crippen LogP contribution in [0.3, 0.4) is 0 Å². The molecule has 262 valence electrons. The SMILES string of the molecule is c1ccc(-c2ccc(-c3nc(-c4ccccc4)cc(-c4cccc5c4sc4c(-c6ccc7c(c6)-c6ccccc6C76CCCCC6)cccc45)n3)cc2)cc1. The summed E-state index contributed by atoms with van der Waals surface area (Å²) in [5.41, 5.74) is 16.1. The lowest BCUT2D eigenvalue weighted by molar-refractivity contribution is 0.353. The molecule has 0 aliphatic heterocycles. The fourth-order valence-corrected chi connectivity index (χ4v) is 10.8. The first-order valence-electron chi connectivity index (χ1n) is 19.5. The first-order chi connectivity index (χ1) is 27.2. The maximum absolute atomic E-state index is 5.30. The van der Waals surface area contributed by atoms with E-state index in [1.165, 1.54) is 96.8 Å². The molecule has 2 aromatic heterocycles. The fourth-order valence-electron chi connectivity index (χ4n) is 9.49. The second-order valence-electron chi connectivity index (χ2n) is 15.2. The minimum atomic E-state index is 0.167. The van der Waals surface area contributed by atoms with Gasteiger partial charge in [0.2, 0.25) is 0 Å². The van der Waals surface area contributed by atoms with Crippen LogP contribution in [-0.2, 0) is 5.41 Å². The van der Waals surface area contributed by atoms with Crippen LogP contribution in [0.25, 0.3) is 87.5 Å². The van der Waals surface area contributed by atoms with Gasteiger partial charge in [0.15, 0.2) is 5.82 Å². The van der Waals surface area contributed by atoms with Crippen molar-refractivity contribution < 1.29 is 0 Å². The predicted molar refractivity (Wildman–Crippen MR) is 231 cm³/mol. The van der Waals surface area contributed by atoms with E-state index in [9.17, 15) is 0 Å². The van der Waals surface area contributed by atoms with Gasteiger partial charge in [-0.1, -0.05) is 177 Å². The number of nitrogens with zero attached hydrogens (tertiary/aromatic N) is 2. The van der Waals surface area contributed by atoms with Crippen molar-refractivity contribution >= 4 is 31.5 Å². The minimum Gasteiger partial charge on any atom is -0.228 e. The topological polar surface area (TPSA) is 25.8 Å². The van der Waals surface area contributed by atoms with Crippen LogP contribution >= 0.6 is 11.3 Å². The fraction of sp³-hybridized carbons (Fsp3) is 0.115. The van der Waals surface area contributed by atoms with Crippen LogP contribution in [0.2, 0.25) is 0 Å². The second kappa shape index (κ2) is 13.0. The summed E-state index contributed by atoms with van der Waals surface area (Å²) in [5, 5.41) is 2.55. The Kier molecular flexibility index (Phi) is 7.63. The molecular weight excluding hydrogens is 685 g/mol. The number of benzene rings is 7. The van der Waals surface area contributed by atoms with Crippen LogP contribution in [0.5, 0.6) is 0 Å². The van der Waals surface area contributed by atoms with Crippen LogP contribution in [0, 0.1) is 0 Å². The highest BCUT2D eigenvalue weighted by Gasteiger charge is 2.43. The molecule has 0 N–H and O–H groups in total. The van der Waals surface area contributed by atoms with E-state index in [1.54, 1.807) is 0 Å². The normalized spacial score (nSPS) is 14.3. The molecule has 2 aliphatic carbocycles. The second-order valence-corrected chi connectivity index (χ2v) is 16.2. The molecule has 1 fully saturated rings. The zero-order valence-corrected chi connectivity index (χ0v) is 31.3. The lowest BCUT2D eigenvalue weighted by Crippen LogP contribution is -2.27. The van der Waals surface area contributed by atoms with Gasteiger partial charge in [0.1, 0.15) is 0 Å². The molecule has 2 aliphatic rings. The van der Waals surface area contributed by atoms with Crippen molar-refractivity contribution in [3.8, 4) is 67.3 Å². The van der Waals surface area contributed by atoms with Gasteiger partial charge in [-0.05, 0) is 69.5 Å². The lowest BCUT2D eigenvalue weighted by atomic mass is 9.68. The van der Waals surface area contributed by atoms with E-state index in [0.717, 1.165) is 33.9 Å². The van der Waals surface area contributed by atoms with E-state index < -0.39 is 0 Å². The summed E-state index contributed by atoms with van der Waals surface area (Å²) >= 11 is 1.89. The Morgan fingerprint density at radius 1 is 0.382 bits per heavy atom. The highest BCUT2D eigenvalue weighted by Crippen LogP contribution is 2.56. The minimum absolute atomic E-state index is 0.167. The maximum Gasteiger partial charge on any atom is 0.160 e. The van der Waals surface area contributed by atoms with Crippen molar-refractivity contribution in [3.05, 3.63) is 181 Å². The largest absolute Gasteiger partial charge is 0.228 e. The molecule has 2 heterocycles. The van der Waals surface area contributed by atoms with E-state index in [-0.39, 0.29) is 5.41 Å². The summed E-state index contributed by atoms with van der Waals surface area (Å²) in [5.74, 6) is 0.726. The summed E-state index contributed by atoms with van der Waals surface area (Å²) in [6, 6.07) is 61.8. The summed E-state index contributed by atoms with van der Waals surface area (Å²) in [4.78, 5) is 10.4. The molecule has 0 saturated heterocycles. The third-order valence-corrected chi connectivity index (χ3v) is 13.4. The summed E-state index contributed by atoms with van der Waals surface area (Å²) in [7, 11) is 0. The third kappa shape index (κ3) is 5.29. The van der Waals surface area contributed by atoms with Gasteiger partial charge >= 0.3 is 0 Å². The average Bonchev–Trinajstić information content (AvgIpc) is 3.78. The van der Waals surface area contributed by atoms with Gasteiger partial charge in [0.25, 0.3) is 0 Å². The van der Waals surface area contributed by atoms with E-state index in [2.05, 4.69) is 170 Å². The van der Waals surface area contributed by atoms with Crippen molar-refractivity contribution in [2.75, 3.05) is 0 Å². The van der Waals surface area contributed by atoms with Crippen LogP contribution < -0.4 is 0 Å². The molecule has 0 atom stereocenters. The molecule has 55 heavy (non-hydrogen) atoms. The van der Waals surface area contributed by atoms with E-state index >= 15 is 0 Å². The smallest absolute Gasteiger partial charge is 0.160 e. The van der Waals surface area contributed by atoms with Gasteiger partial charge in [-0.15, -0.1) is 11.3 Å². The molecule has 1 saturated carbocycles. The molecule has 0 radical (unpaired) electrons. The zero-order chi connectivity index (χ0) is 36.3. The Morgan fingerprint density at radius 2 is 0.945 bits per heavy atom. The van der Waals surface area contributed by atoms with Gasteiger partial charge in [-0.2, -0.15) is 0 Å². The number of hydrogen-bond donors (Lipinski definition) is 0. The standard InChI is InChI=1S/C52H38N2S/c1-4-14-34(15-5-1)35-24-26-37(27-25-35)51-53-47(36-16-6-2-7-17-36)33-48(54-51)43-22-13-21-42-41-20-12-19-39(49(41)55-50(42)43)38-28-29-46-44(32-38)40-18-8-9-23-45(40)52(46)30-10-3-11-31-52/h1-2,4-9,12-29,32-33H,3,10-11,30-31H2. The maximum atomic E-state index is 5.30. The summed E-state index contributed by atoms with van der Waals surface area (Å²) in [6.45, 7) is 0. The molecule has 2 nitrogen and oxygen atoms in total. The number of fused-ring (bicyclic) bond motifs is 8. The lowest BCUT2D eigenvalue weighted by Gasteiger charge is -2.36. The molecular formula is C52H38N2S. The van der Waals surface area contributed by atoms with Crippen LogP contribution in [0.15, 0.2) is 170 Å². The summed E-state index contributed by atoms with van der Waals surface area (Å²) in [6.07, 6.45) is 6.46. The number of hydrogen-bond acceptors (Lipinski definition) is 3. The summed E-state index contributed by atoms with van der Waals surface area (Å²) < 4.78 is 2.57. The molecule has 11 rings (SSSR count). The monoisotopic (exact) mass is 722 g/mol. The van der Waals surface area contributed by atoms with Crippen molar-refractivity contribution in [2.45, 2.75) is 37.5 Å². The van der Waals surface area contributed by atoms with Crippen molar-refractivity contribution in [3.63, 3.8) is 0 Å². The Hall–Kier alpha value is -6.16. The number of aromatic nitrogens is 2. The predicted octanol–water partition coefficient (Wildman–Crippen LogP) is 14.4. The van der Waals surface area contributed by atoms with E-state index in [4.69, 9.17) is 9.97 Å². The highest BCUT2D eigenvalue weighted by atomic mass is 32.1. The van der Waals surface area contributed by atoms with Gasteiger partial charge in [-0.3, -0.25) is 0 Å². The van der Waals surface area contributed by atoms with Crippen molar-refractivity contribution in [1.82, 2.24) is 9.97 Å². The quantitative estimate of drug-likeness (QED) is 0.177. The van der Waals surface area contributed by atoms with Gasteiger partial charge in [0, 0.05) is 42.3 Å². The van der Waals surface area contributed by atoms with Crippen molar-refractivity contribution in [1.29, 1.82) is 0 Å². The van der Waals surface area contributed by atoms with E-state index in [1.807, 2.05) is 11.3 Å². The molecule has 1 spiro atoms. The molecule has 3 heteroatoms. The average molecular weight is 723 g/mol. The number of thiophene rings is 1.